The molecule has 0 bridgehead atoms. The summed E-state index contributed by atoms with van der Waals surface area (Å²) in [6.45, 7) is 0.887. The maximum absolute atomic E-state index is 4.05. The van der Waals surface area contributed by atoms with Crippen LogP contribution in [-0.2, 0) is 6.54 Å². The fourth-order valence-electron chi connectivity index (χ4n) is 1.31. The lowest BCUT2D eigenvalue weighted by Crippen LogP contribution is -2.05. The summed E-state index contributed by atoms with van der Waals surface area (Å²) >= 11 is 0. The first-order valence-corrected chi connectivity index (χ1v) is 4.48. The van der Waals surface area contributed by atoms with E-state index in [-0.39, 0.29) is 24.8 Å². The van der Waals surface area contributed by atoms with Gasteiger partial charge in [-0.1, -0.05) is 12.1 Å². The van der Waals surface area contributed by atoms with Gasteiger partial charge in [0.15, 0.2) is 0 Å². The summed E-state index contributed by atoms with van der Waals surface area (Å²) in [4.78, 5) is 3.90. The van der Waals surface area contributed by atoms with Crippen molar-refractivity contribution in [3.8, 4) is 5.69 Å². The molecule has 1 aromatic heterocycles. The number of aromatic nitrogens is 3. The summed E-state index contributed by atoms with van der Waals surface area (Å²) in [7, 11) is 1.94. The van der Waals surface area contributed by atoms with Crippen molar-refractivity contribution in [1.29, 1.82) is 0 Å². The van der Waals surface area contributed by atoms with Crippen LogP contribution in [0.1, 0.15) is 5.56 Å². The molecule has 4 nitrogen and oxygen atoms in total. The molecular formula is C10H14Cl2N4. The zero-order valence-corrected chi connectivity index (χ0v) is 10.5. The maximum atomic E-state index is 4.05. The summed E-state index contributed by atoms with van der Waals surface area (Å²) in [5, 5.41) is 7.16. The molecule has 6 heteroatoms. The van der Waals surface area contributed by atoms with Gasteiger partial charge in [0, 0.05) is 6.54 Å². The van der Waals surface area contributed by atoms with Crippen molar-refractivity contribution in [1.82, 2.24) is 20.1 Å². The van der Waals surface area contributed by atoms with E-state index in [2.05, 4.69) is 27.5 Å². The summed E-state index contributed by atoms with van der Waals surface area (Å²) in [5.74, 6) is 0. The lowest BCUT2D eigenvalue weighted by Gasteiger charge is -2.02. The van der Waals surface area contributed by atoms with Gasteiger partial charge in [-0.25, -0.2) is 9.67 Å². The van der Waals surface area contributed by atoms with E-state index >= 15 is 0 Å². The Morgan fingerprint density at radius 2 is 1.88 bits per heavy atom. The van der Waals surface area contributed by atoms with Gasteiger partial charge in [-0.3, -0.25) is 0 Å². The molecule has 0 saturated carbocycles. The van der Waals surface area contributed by atoms with Gasteiger partial charge >= 0.3 is 0 Å². The predicted octanol–water partition coefficient (Wildman–Crippen LogP) is 1.83. The minimum Gasteiger partial charge on any atom is -0.316 e. The molecule has 1 heterocycles. The second-order valence-electron chi connectivity index (χ2n) is 3.04. The predicted molar refractivity (Wildman–Crippen MR) is 68.6 cm³/mol. The van der Waals surface area contributed by atoms with Crippen molar-refractivity contribution in [3.05, 3.63) is 42.5 Å². The molecule has 1 aromatic carbocycles. The van der Waals surface area contributed by atoms with Crippen molar-refractivity contribution in [2.24, 2.45) is 0 Å². The van der Waals surface area contributed by atoms with Crippen LogP contribution < -0.4 is 5.32 Å². The Kier molecular flexibility index (Phi) is 6.72. The van der Waals surface area contributed by atoms with Crippen LogP contribution in [0.3, 0.4) is 0 Å². The highest BCUT2D eigenvalue weighted by molar-refractivity contribution is 5.85. The third kappa shape index (κ3) is 3.48. The maximum Gasteiger partial charge on any atom is 0.138 e. The number of halogens is 2. The van der Waals surface area contributed by atoms with Gasteiger partial charge in [-0.05, 0) is 24.7 Å². The summed E-state index contributed by atoms with van der Waals surface area (Å²) in [5.41, 5.74) is 2.29. The highest BCUT2D eigenvalue weighted by Gasteiger charge is 1.96. The molecule has 1 N–H and O–H groups in total. The summed E-state index contributed by atoms with van der Waals surface area (Å²) < 4.78 is 1.74. The Hall–Kier alpha value is -1.10. The third-order valence-corrected chi connectivity index (χ3v) is 2.00. The van der Waals surface area contributed by atoms with Gasteiger partial charge in [-0.2, -0.15) is 5.10 Å². The van der Waals surface area contributed by atoms with Gasteiger partial charge in [0.2, 0.25) is 0 Å². The minimum absolute atomic E-state index is 0. The first-order valence-electron chi connectivity index (χ1n) is 4.48. The fraction of sp³-hybridized carbons (Fsp3) is 0.200. The molecule has 0 unspecified atom stereocenters. The standard InChI is InChI=1S/C10H12N4.2ClH/c1-11-6-9-2-4-10(5-3-9)14-8-12-7-13-14;;/h2-5,7-8,11H,6H2,1H3;2*1H. The van der Waals surface area contributed by atoms with Crippen LogP contribution in [0.4, 0.5) is 0 Å². The molecule has 0 fully saturated rings. The Morgan fingerprint density at radius 1 is 1.19 bits per heavy atom. The van der Waals surface area contributed by atoms with E-state index in [0.717, 1.165) is 12.2 Å². The van der Waals surface area contributed by atoms with E-state index in [1.807, 2.05) is 19.2 Å². The van der Waals surface area contributed by atoms with E-state index < -0.39 is 0 Å². The van der Waals surface area contributed by atoms with Gasteiger partial charge in [0.05, 0.1) is 5.69 Å². The Balaban J connectivity index is 0.00000112. The Bertz CT molecular complexity index is 386. The SMILES string of the molecule is CNCc1ccc(-n2cncn2)cc1.Cl.Cl. The fourth-order valence-corrected chi connectivity index (χ4v) is 1.31. The molecule has 0 amide bonds. The third-order valence-electron chi connectivity index (χ3n) is 2.00. The molecule has 88 valence electrons. The van der Waals surface area contributed by atoms with Gasteiger partial charge < -0.3 is 5.32 Å². The van der Waals surface area contributed by atoms with Crippen LogP contribution in [0.2, 0.25) is 0 Å². The van der Waals surface area contributed by atoms with E-state index in [4.69, 9.17) is 0 Å². The minimum atomic E-state index is 0. The monoisotopic (exact) mass is 260 g/mol. The lowest BCUT2D eigenvalue weighted by atomic mass is 10.2. The molecule has 0 saturated heterocycles. The number of hydrogen-bond donors (Lipinski definition) is 1. The second kappa shape index (κ2) is 7.22. The van der Waals surface area contributed by atoms with Crippen LogP contribution in [0.5, 0.6) is 0 Å². The largest absolute Gasteiger partial charge is 0.316 e. The number of nitrogens with zero attached hydrogens (tertiary/aromatic N) is 3. The molecule has 0 aliphatic heterocycles. The average molecular weight is 261 g/mol. The normalized spacial score (nSPS) is 9.06. The summed E-state index contributed by atoms with van der Waals surface area (Å²) in [6.07, 6.45) is 3.22. The number of benzene rings is 1. The molecule has 2 rings (SSSR count). The van der Waals surface area contributed by atoms with Gasteiger partial charge in [0.25, 0.3) is 0 Å². The van der Waals surface area contributed by atoms with Crippen molar-refractivity contribution >= 4 is 24.8 Å². The average Bonchev–Trinajstić information content (AvgIpc) is 2.72. The van der Waals surface area contributed by atoms with E-state index in [9.17, 15) is 0 Å². The smallest absolute Gasteiger partial charge is 0.138 e. The van der Waals surface area contributed by atoms with Crippen LogP contribution in [0.25, 0.3) is 5.69 Å². The van der Waals surface area contributed by atoms with Crippen molar-refractivity contribution in [2.75, 3.05) is 7.05 Å². The Labute approximate surface area is 107 Å². The van der Waals surface area contributed by atoms with Crippen LogP contribution in [0, 0.1) is 0 Å². The van der Waals surface area contributed by atoms with Gasteiger partial charge in [0.1, 0.15) is 12.7 Å². The van der Waals surface area contributed by atoms with E-state index in [1.54, 1.807) is 11.0 Å². The topological polar surface area (TPSA) is 42.7 Å². The molecule has 0 radical (unpaired) electrons. The zero-order valence-electron chi connectivity index (χ0n) is 8.83. The van der Waals surface area contributed by atoms with Crippen molar-refractivity contribution < 1.29 is 0 Å². The molecule has 0 atom stereocenters. The molecule has 0 aliphatic rings. The first-order chi connectivity index (χ1) is 6.90. The number of rotatable bonds is 3. The Morgan fingerprint density at radius 3 is 2.38 bits per heavy atom. The van der Waals surface area contributed by atoms with E-state index in [1.165, 1.54) is 11.9 Å². The molecule has 16 heavy (non-hydrogen) atoms. The number of nitrogens with one attached hydrogen (secondary N) is 1. The molecule has 0 aliphatic carbocycles. The first kappa shape index (κ1) is 14.9. The van der Waals surface area contributed by atoms with Crippen molar-refractivity contribution in [2.45, 2.75) is 6.54 Å². The van der Waals surface area contributed by atoms with Crippen molar-refractivity contribution in [3.63, 3.8) is 0 Å². The van der Waals surface area contributed by atoms with Crippen LogP contribution in [0.15, 0.2) is 36.9 Å². The quantitative estimate of drug-likeness (QED) is 0.916. The lowest BCUT2D eigenvalue weighted by molar-refractivity contribution is 0.815. The van der Waals surface area contributed by atoms with Crippen LogP contribution >= 0.6 is 24.8 Å². The molecule has 0 spiro atoms. The van der Waals surface area contributed by atoms with Crippen LogP contribution in [-0.4, -0.2) is 21.8 Å². The second-order valence-corrected chi connectivity index (χ2v) is 3.04. The molecular weight excluding hydrogens is 247 g/mol. The zero-order chi connectivity index (χ0) is 9.80. The highest BCUT2D eigenvalue weighted by atomic mass is 35.5. The summed E-state index contributed by atoms with van der Waals surface area (Å²) in [6, 6.07) is 8.21. The highest BCUT2D eigenvalue weighted by Crippen LogP contribution is 2.07. The van der Waals surface area contributed by atoms with Gasteiger partial charge in [-0.15, -0.1) is 24.8 Å². The number of hydrogen-bond acceptors (Lipinski definition) is 3. The van der Waals surface area contributed by atoms with E-state index in [0.29, 0.717) is 0 Å². The molecule has 2 aromatic rings.